The standard InChI is InChI=1S/C15H15N3O3S/c1-17(13(19)11-9-22-15(21)16-11)12-7-8-18(14(12)20)10-5-3-2-4-6-10/h2-6,9,12H,7-8H2,1H3,(H,16,21)/t12-/m1/s1. The van der Waals surface area contributed by atoms with Crippen LogP contribution in [0.4, 0.5) is 5.69 Å². The van der Waals surface area contributed by atoms with E-state index in [0.29, 0.717) is 13.0 Å². The Morgan fingerprint density at radius 1 is 1.32 bits per heavy atom. The van der Waals surface area contributed by atoms with Crippen molar-refractivity contribution in [3.63, 3.8) is 0 Å². The molecule has 1 N–H and O–H groups in total. The number of para-hydroxylation sites is 1. The summed E-state index contributed by atoms with van der Waals surface area (Å²) < 4.78 is 0. The number of hydrogen-bond acceptors (Lipinski definition) is 4. The second kappa shape index (κ2) is 5.76. The maximum absolute atomic E-state index is 12.6. The minimum atomic E-state index is -0.504. The Labute approximate surface area is 131 Å². The number of anilines is 1. The molecule has 114 valence electrons. The van der Waals surface area contributed by atoms with E-state index >= 15 is 0 Å². The number of benzene rings is 1. The van der Waals surface area contributed by atoms with Crippen LogP contribution < -0.4 is 9.77 Å². The number of aromatic amines is 1. The fourth-order valence-corrected chi connectivity index (χ4v) is 3.16. The van der Waals surface area contributed by atoms with E-state index in [1.807, 2.05) is 30.3 Å². The van der Waals surface area contributed by atoms with Crippen LogP contribution in [0.25, 0.3) is 0 Å². The topological polar surface area (TPSA) is 73.5 Å². The molecule has 1 atom stereocenters. The number of nitrogens with zero attached hydrogens (tertiary/aromatic N) is 2. The third-order valence-electron chi connectivity index (χ3n) is 3.78. The summed E-state index contributed by atoms with van der Waals surface area (Å²) in [4.78, 5) is 41.3. The van der Waals surface area contributed by atoms with Crippen LogP contribution in [0.15, 0.2) is 40.5 Å². The molecule has 0 bridgehead atoms. The maximum atomic E-state index is 12.6. The average molecular weight is 317 g/mol. The van der Waals surface area contributed by atoms with Gasteiger partial charge in [-0.3, -0.25) is 14.4 Å². The molecule has 1 aromatic heterocycles. The number of amides is 2. The summed E-state index contributed by atoms with van der Waals surface area (Å²) in [6.07, 6.45) is 0.574. The van der Waals surface area contributed by atoms with Gasteiger partial charge in [0.15, 0.2) is 0 Å². The molecule has 2 heterocycles. The molecule has 0 radical (unpaired) electrons. The van der Waals surface area contributed by atoms with Crippen LogP contribution in [0.3, 0.4) is 0 Å². The zero-order chi connectivity index (χ0) is 15.7. The highest BCUT2D eigenvalue weighted by atomic mass is 32.1. The summed E-state index contributed by atoms with van der Waals surface area (Å²) in [5.41, 5.74) is 1.06. The Kier molecular flexibility index (Phi) is 3.81. The van der Waals surface area contributed by atoms with E-state index in [4.69, 9.17) is 0 Å². The number of nitrogens with one attached hydrogen (secondary N) is 1. The molecule has 2 amide bonds. The first-order valence-corrected chi connectivity index (χ1v) is 7.77. The average Bonchev–Trinajstić information content (AvgIpc) is 3.13. The van der Waals surface area contributed by atoms with Crippen molar-refractivity contribution in [2.24, 2.45) is 0 Å². The van der Waals surface area contributed by atoms with Crippen LogP contribution in [0.1, 0.15) is 16.9 Å². The zero-order valence-corrected chi connectivity index (χ0v) is 12.8. The molecule has 0 aliphatic carbocycles. The van der Waals surface area contributed by atoms with Gasteiger partial charge in [0.2, 0.25) is 5.91 Å². The van der Waals surface area contributed by atoms with Crippen LogP contribution in [-0.4, -0.2) is 41.3 Å². The van der Waals surface area contributed by atoms with E-state index in [-0.39, 0.29) is 22.4 Å². The van der Waals surface area contributed by atoms with Crippen molar-refractivity contribution >= 4 is 28.8 Å². The van der Waals surface area contributed by atoms with Crippen LogP contribution in [0, 0.1) is 0 Å². The molecule has 22 heavy (non-hydrogen) atoms. The van der Waals surface area contributed by atoms with Crippen molar-refractivity contribution < 1.29 is 9.59 Å². The normalized spacial score (nSPS) is 17.8. The molecule has 1 aromatic carbocycles. The number of carbonyl (C=O) groups is 2. The highest BCUT2D eigenvalue weighted by molar-refractivity contribution is 7.07. The Morgan fingerprint density at radius 2 is 2.05 bits per heavy atom. The first-order valence-electron chi connectivity index (χ1n) is 6.89. The predicted octanol–water partition coefficient (Wildman–Crippen LogP) is 1.31. The quantitative estimate of drug-likeness (QED) is 0.928. The first kappa shape index (κ1) is 14.5. The number of carbonyl (C=O) groups excluding carboxylic acids is 2. The molecule has 1 saturated heterocycles. The minimum Gasteiger partial charge on any atom is -0.328 e. The molecule has 7 heteroatoms. The summed E-state index contributed by atoms with van der Waals surface area (Å²) in [6.45, 7) is 0.575. The van der Waals surface area contributed by atoms with Gasteiger partial charge in [0.25, 0.3) is 5.91 Å². The van der Waals surface area contributed by atoms with E-state index in [2.05, 4.69) is 4.98 Å². The lowest BCUT2D eigenvalue weighted by molar-refractivity contribution is -0.120. The van der Waals surface area contributed by atoms with E-state index < -0.39 is 6.04 Å². The van der Waals surface area contributed by atoms with Crippen molar-refractivity contribution in [2.45, 2.75) is 12.5 Å². The van der Waals surface area contributed by atoms with Crippen molar-refractivity contribution in [1.29, 1.82) is 0 Å². The maximum Gasteiger partial charge on any atom is 0.305 e. The van der Waals surface area contributed by atoms with E-state index in [1.165, 1.54) is 10.3 Å². The number of aromatic nitrogens is 1. The highest BCUT2D eigenvalue weighted by Crippen LogP contribution is 2.24. The molecule has 3 rings (SSSR count). The molecule has 1 aliphatic rings. The fraction of sp³-hybridized carbons (Fsp3) is 0.267. The summed E-state index contributed by atoms with van der Waals surface area (Å²) in [7, 11) is 1.59. The number of rotatable bonds is 3. The third-order valence-corrected chi connectivity index (χ3v) is 4.45. The largest absolute Gasteiger partial charge is 0.328 e. The van der Waals surface area contributed by atoms with Gasteiger partial charge in [0.05, 0.1) is 0 Å². The second-order valence-electron chi connectivity index (χ2n) is 5.11. The second-order valence-corrected chi connectivity index (χ2v) is 5.95. The fourth-order valence-electron chi connectivity index (χ4n) is 2.61. The van der Waals surface area contributed by atoms with Gasteiger partial charge in [-0.15, -0.1) is 0 Å². The van der Waals surface area contributed by atoms with Crippen LogP contribution >= 0.6 is 11.3 Å². The summed E-state index contributed by atoms with van der Waals surface area (Å²) >= 11 is 0.937. The van der Waals surface area contributed by atoms with Gasteiger partial charge in [-0.2, -0.15) is 0 Å². The van der Waals surface area contributed by atoms with Crippen LogP contribution in [0.5, 0.6) is 0 Å². The van der Waals surface area contributed by atoms with Gasteiger partial charge in [-0.1, -0.05) is 29.5 Å². The molecule has 0 unspecified atom stereocenters. The summed E-state index contributed by atoms with van der Waals surface area (Å²) in [5.74, 6) is -0.439. The highest BCUT2D eigenvalue weighted by Gasteiger charge is 2.37. The molecule has 1 aliphatic heterocycles. The monoisotopic (exact) mass is 317 g/mol. The van der Waals surface area contributed by atoms with Gasteiger partial charge in [0, 0.05) is 24.7 Å². The Balaban J connectivity index is 1.77. The van der Waals surface area contributed by atoms with Crippen molar-refractivity contribution in [1.82, 2.24) is 9.88 Å². The summed E-state index contributed by atoms with van der Waals surface area (Å²) in [5, 5.41) is 1.48. The lowest BCUT2D eigenvalue weighted by Gasteiger charge is -2.23. The van der Waals surface area contributed by atoms with Gasteiger partial charge < -0.3 is 14.8 Å². The Hall–Kier alpha value is -2.41. The van der Waals surface area contributed by atoms with E-state index in [1.54, 1.807) is 11.9 Å². The lowest BCUT2D eigenvalue weighted by atomic mass is 10.2. The van der Waals surface area contributed by atoms with Crippen LogP contribution in [0.2, 0.25) is 0 Å². The van der Waals surface area contributed by atoms with Gasteiger partial charge in [0.1, 0.15) is 11.7 Å². The third kappa shape index (κ3) is 2.55. The van der Waals surface area contributed by atoms with E-state index in [9.17, 15) is 14.4 Å². The Bertz CT molecular complexity index is 753. The number of H-pyrrole nitrogens is 1. The number of hydrogen-bond donors (Lipinski definition) is 1. The van der Waals surface area contributed by atoms with Gasteiger partial charge >= 0.3 is 4.87 Å². The van der Waals surface area contributed by atoms with Crippen molar-refractivity contribution in [2.75, 3.05) is 18.5 Å². The molecular weight excluding hydrogens is 302 g/mol. The van der Waals surface area contributed by atoms with Gasteiger partial charge in [-0.25, -0.2) is 0 Å². The molecule has 1 fully saturated rings. The lowest BCUT2D eigenvalue weighted by Crippen LogP contribution is -2.43. The molecule has 6 nitrogen and oxygen atoms in total. The smallest absolute Gasteiger partial charge is 0.305 e. The molecular formula is C15H15N3O3S. The summed E-state index contributed by atoms with van der Waals surface area (Å²) in [6, 6.07) is 8.89. The Morgan fingerprint density at radius 3 is 2.68 bits per heavy atom. The minimum absolute atomic E-state index is 0.0976. The van der Waals surface area contributed by atoms with Crippen LogP contribution in [-0.2, 0) is 4.79 Å². The van der Waals surface area contributed by atoms with Crippen molar-refractivity contribution in [3.8, 4) is 0 Å². The number of likely N-dealkylation sites (N-methyl/N-ethyl adjacent to an activating group) is 1. The number of thiazole rings is 1. The predicted molar refractivity (Wildman–Crippen MR) is 84.2 cm³/mol. The first-order chi connectivity index (χ1) is 10.6. The van der Waals surface area contributed by atoms with Crippen molar-refractivity contribution in [3.05, 3.63) is 51.1 Å². The van der Waals surface area contributed by atoms with Gasteiger partial charge in [-0.05, 0) is 18.6 Å². The molecule has 0 spiro atoms. The SMILES string of the molecule is CN(C(=O)c1csc(=O)[nH]1)[C@@H]1CCN(c2ccccc2)C1=O. The molecule has 0 saturated carbocycles. The van der Waals surface area contributed by atoms with E-state index in [0.717, 1.165) is 17.0 Å². The zero-order valence-electron chi connectivity index (χ0n) is 12.0. The molecule has 2 aromatic rings.